The quantitative estimate of drug-likeness (QED) is 0.604. The molecule has 8 nitrogen and oxygen atoms in total. The molecule has 0 radical (unpaired) electrons. The fourth-order valence-corrected chi connectivity index (χ4v) is 4.78. The number of rotatable bonds is 8. The molecule has 1 aliphatic rings. The van der Waals surface area contributed by atoms with Crippen LogP contribution in [0.3, 0.4) is 0 Å². The Kier molecular flexibility index (Phi) is 7.78. The van der Waals surface area contributed by atoms with Crippen molar-refractivity contribution in [2.75, 3.05) is 31.6 Å². The Morgan fingerprint density at radius 1 is 1.06 bits per heavy atom. The van der Waals surface area contributed by atoms with E-state index in [2.05, 4.69) is 10.0 Å². The number of hydrogen-bond acceptors (Lipinski definition) is 6. The van der Waals surface area contributed by atoms with Crippen LogP contribution in [-0.4, -0.2) is 57.5 Å². The number of hydrogen-bond donors (Lipinski definition) is 2. The molecule has 1 fully saturated rings. The third-order valence-corrected chi connectivity index (χ3v) is 6.51. The SMILES string of the molecule is CCOC(=O)c1cccc(S(=O)(=O)NC2CCN(CC(=O)Nc3ccccc3)CC2)c1. The summed E-state index contributed by atoms with van der Waals surface area (Å²) in [5, 5.41) is 2.85. The Hall–Kier alpha value is -2.75. The lowest BCUT2D eigenvalue weighted by molar-refractivity contribution is -0.117. The zero-order valence-electron chi connectivity index (χ0n) is 17.4. The lowest BCUT2D eigenvalue weighted by Gasteiger charge is -2.31. The van der Waals surface area contributed by atoms with Crippen LogP contribution in [0.1, 0.15) is 30.1 Å². The maximum absolute atomic E-state index is 12.8. The van der Waals surface area contributed by atoms with E-state index >= 15 is 0 Å². The number of carbonyl (C=O) groups is 2. The van der Waals surface area contributed by atoms with E-state index in [-0.39, 0.29) is 35.6 Å². The highest BCUT2D eigenvalue weighted by Crippen LogP contribution is 2.17. The molecule has 0 aromatic heterocycles. The molecule has 9 heteroatoms. The van der Waals surface area contributed by atoms with Gasteiger partial charge >= 0.3 is 5.97 Å². The van der Waals surface area contributed by atoms with E-state index in [1.165, 1.54) is 24.3 Å². The number of nitrogens with one attached hydrogen (secondary N) is 2. The number of sulfonamides is 1. The van der Waals surface area contributed by atoms with Crippen LogP contribution in [0, 0.1) is 0 Å². The zero-order valence-corrected chi connectivity index (χ0v) is 18.2. The van der Waals surface area contributed by atoms with Gasteiger partial charge in [-0.1, -0.05) is 24.3 Å². The van der Waals surface area contributed by atoms with Crippen molar-refractivity contribution < 1.29 is 22.7 Å². The Morgan fingerprint density at radius 2 is 1.77 bits per heavy atom. The first-order chi connectivity index (χ1) is 14.9. The molecular formula is C22H27N3O5S. The summed E-state index contributed by atoms with van der Waals surface area (Å²) in [6.07, 6.45) is 1.19. The molecular weight excluding hydrogens is 418 g/mol. The number of likely N-dealkylation sites (tertiary alicyclic amines) is 1. The number of nitrogens with zero attached hydrogens (tertiary/aromatic N) is 1. The lowest BCUT2D eigenvalue weighted by atomic mass is 10.1. The molecule has 1 aliphatic heterocycles. The van der Waals surface area contributed by atoms with Crippen LogP contribution in [-0.2, 0) is 19.6 Å². The van der Waals surface area contributed by atoms with E-state index in [1.54, 1.807) is 6.92 Å². The molecule has 166 valence electrons. The average molecular weight is 446 g/mol. The normalized spacial score (nSPS) is 15.4. The third-order valence-electron chi connectivity index (χ3n) is 4.99. The van der Waals surface area contributed by atoms with Crippen molar-refractivity contribution in [3.8, 4) is 0 Å². The van der Waals surface area contributed by atoms with E-state index in [9.17, 15) is 18.0 Å². The Morgan fingerprint density at radius 3 is 2.45 bits per heavy atom. The van der Waals surface area contributed by atoms with E-state index in [0.29, 0.717) is 25.9 Å². The Labute approximate surface area is 182 Å². The summed E-state index contributed by atoms with van der Waals surface area (Å²) in [5.74, 6) is -0.650. The standard InChI is InChI=1S/C22H27N3O5S/c1-2-30-22(27)17-7-6-10-20(15-17)31(28,29)24-19-11-13-25(14-12-19)16-21(26)23-18-8-4-3-5-9-18/h3-10,15,19,24H,2,11-14,16H2,1H3,(H,23,26). The van der Waals surface area contributed by atoms with Gasteiger partial charge < -0.3 is 10.1 Å². The number of para-hydroxylation sites is 1. The third kappa shape index (κ3) is 6.61. The first-order valence-electron chi connectivity index (χ1n) is 10.2. The van der Waals surface area contributed by atoms with Crippen LogP contribution in [0.4, 0.5) is 5.69 Å². The van der Waals surface area contributed by atoms with Gasteiger partial charge in [-0.15, -0.1) is 0 Å². The van der Waals surface area contributed by atoms with Crippen molar-refractivity contribution in [2.45, 2.75) is 30.7 Å². The molecule has 0 atom stereocenters. The molecule has 0 spiro atoms. The molecule has 3 rings (SSSR count). The van der Waals surface area contributed by atoms with Crippen molar-refractivity contribution >= 4 is 27.6 Å². The van der Waals surface area contributed by atoms with Gasteiger partial charge in [0.15, 0.2) is 0 Å². The fourth-order valence-electron chi connectivity index (χ4n) is 3.43. The van der Waals surface area contributed by atoms with Crippen LogP contribution in [0.2, 0.25) is 0 Å². The van der Waals surface area contributed by atoms with Crippen molar-refractivity contribution in [1.29, 1.82) is 0 Å². The molecule has 0 saturated carbocycles. The van der Waals surface area contributed by atoms with E-state index in [0.717, 1.165) is 5.69 Å². The number of carbonyl (C=O) groups excluding carboxylic acids is 2. The number of amides is 1. The molecule has 2 aromatic carbocycles. The summed E-state index contributed by atoms with van der Waals surface area (Å²) >= 11 is 0. The first kappa shape index (κ1) is 22.9. The summed E-state index contributed by atoms with van der Waals surface area (Å²) in [5.41, 5.74) is 0.948. The summed E-state index contributed by atoms with van der Waals surface area (Å²) in [7, 11) is -3.77. The minimum absolute atomic E-state index is 0.0303. The van der Waals surface area contributed by atoms with E-state index in [4.69, 9.17) is 4.74 Å². The Balaban J connectivity index is 1.51. The maximum Gasteiger partial charge on any atom is 0.338 e. The predicted octanol–water partition coefficient (Wildman–Crippen LogP) is 2.24. The zero-order chi connectivity index (χ0) is 22.3. The van der Waals surface area contributed by atoms with Crippen LogP contribution in [0.25, 0.3) is 0 Å². The Bertz CT molecular complexity index is 1000. The van der Waals surface area contributed by atoms with Gasteiger partial charge in [-0.25, -0.2) is 17.9 Å². The molecule has 1 amide bonds. The molecule has 1 heterocycles. The van der Waals surface area contributed by atoms with Gasteiger partial charge in [0.25, 0.3) is 0 Å². The van der Waals surface area contributed by atoms with Gasteiger partial charge in [-0.05, 0) is 50.1 Å². The van der Waals surface area contributed by atoms with Gasteiger partial charge in [0.05, 0.1) is 23.6 Å². The van der Waals surface area contributed by atoms with Gasteiger partial charge in [-0.2, -0.15) is 0 Å². The van der Waals surface area contributed by atoms with E-state index < -0.39 is 16.0 Å². The highest BCUT2D eigenvalue weighted by atomic mass is 32.2. The molecule has 1 saturated heterocycles. The minimum atomic E-state index is -3.77. The fraction of sp³-hybridized carbons (Fsp3) is 0.364. The van der Waals surface area contributed by atoms with Gasteiger partial charge in [0.2, 0.25) is 15.9 Å². The van der Waals surface area contributed by atoms with Crippen LogP contribution in [0.15, 0.2) is 59.5 Å². The number of piperidine rings is 1. The smallest absolute Gasteiger partial charge is 0.338 e. The summed E-state index contributed by atoms with van der Waals surface area (Å²) in [6, 6.07) is 14.8. The molecule has 2 aromatic rings. The second-order valence-electron chi connectivity index (χ2n) is 7.33. The number of esters is 1. The summed E-state index contributed by atoms with van der Waals surface area (Å²) in [6.45, 7) is 3.39. The largest absolute Gasteiger partial charge is 0.462 e. The van der Waals surface area contributed by atoms with Gasteiger partial charge in [0.1, 0.15) is 0 Å². The monoisotopic (exact) mass is 445 g/mol. The topological polar surface area (TPSA) is 105 Å². The summed E-state index contributed by atoms with van der Waals surface area (Å²) < 4.78 is 33.2. The maximum atomic E-state index is 12.8. The van der Waals surface area contributed by atoms with Crippen LogP contribution >= 0.6 is 0 Å². The molecule has 0 aliphatic carbocycles. The molecule has 31 heavy (non-hydrogen) atoms. The van der Waals surface area contributed by atoms with Crippen molar-refractivity contribution in [3.05, 3.63) is 60.2 Å². The minimum Gasteiger partial charge on any atom is -0.462 e. The number of benzene rings is 2. The highest BCUT2D eigenvalue weighted by molar-refractivity contribution is 7.89. The molecule has 0 unspecified atom stereocenters. The highest BCUT2D eigenvalue weighted by Gasteiger charge is 2.26. The molecule has 2 N–H and O–H groups in total. The number of anilines is 1. The lowest BCUT2D eigenvalue weighted by Crippen LogP contribution is -2.46. The van der Waals surface area contributed by atoms with Crippen molar-refractivity contribution in [2.24, 2.45) is 0 Å². The predicted molar refractivity (Wildman–Crippen MR) is 117 cm³/mol. The number of ether oxygens (including phenoxy) is 1. The van der Waals surface area contributed by atoms with Crippen molar-refractivity contribution in [3.63, 3.8) is 0 Å². The van der Waals surface area contributed by atoms with Crippen LogP contribution in [0.5, 0.6) is 0 Å². The second-order valence-corrected chi connectivity index (χ2v) is 9.05. The summed E-state index contributed by atoms with van der Waals surface area (Å²) in [4.78, 5) is 26.1. The second kappa shape index (κ2) is 10.5. The van der Waals surface area contributed by atoms with Crippen LogP contribution < -0.4 is 10.0 Å². The average Bonchev–Trinajstić information content (AvgIpc) is 2.76. The molecule has 0 bridgehead atoms. The van der Waals surface area contributed by atoms with Gasteiger partial charge in [0, 0.05) is 24.8 Å². The first-order valence-corrected chi connectivity index (χ1v) is 11.7. The van der Waals surface area contributed by atoms with Crippen molar-refractivity contribution in [1.82, 2.24) is 9.62 Å². The van der Waals surface area contributed by atoms with Gasteiger partial charge in [-0.3, -0.25) is 9.69 Å². The van der Waals surface area contributed by atoms with E-state index in [1.807, 2.05) is 35.2 Å².